The number of hydrogen-bond donors (Lipinski definition) is 2. The Balaban J connectivity index is 1.91. The number of amides is 1. The van der Waals surface area contributed by atoms with Crippen molar-refractivity contribution in [2.24, 2.45) is 5.73 Å². The van der Waals surface area contributed by atoms with E-state index >= 15 is 0 Å². The van der Waals surface area contributed by atoms with Gasteiger partial charge in [0.25, 0.3) is 0 Å². The molecule has 0 saturated heterocycles. The fourth-order valence-electron chi connectivity index (χ4n) is 2.14. The van der Waals surface area contributed by atoms with Crippen molar-refractivity contribution in [2.75, 3.05) is 6.54 Å². The average Bonchev–Trinajstić information content (AvgIpc) is 3.00. The molecule has 0 fully saturated rings. The molecule has 0 aliphatic rings. The van der Waals surface area contributed by atoms with E-state index in [1.807, 2.05) is 23.6 Å². The van der Waals surface area contributed by atoms with Gasteiger partial charge in [0.2, 0.25) is 5.91 Å². The Bertz CT molecular complexity index is 585. The minimum atomic E-state index is -0.0237. The van der Waals surface area contributed by atoms with Crippen molar-refractivity contribution in [2.45, 2.75) is 38.6 Å². The second-order valence-electron chi connectivity index (χ2n) is 5.18. The summed E-state index contributed by atoms with van der Waals surface area (Å²) in [6, 6.07) is 5.77. The van der Waals surface area contributed by atoms with Gasteiger partial charge in [0, 0.05) is 24.2 Å². The predicted octanol–water partition coefficient (Wildman–Crippen LogP) is 2.38. The van der Waals surface area contributed by atoms with Gasteiger partial charge < -0.3 is 11.1 Å². The van der Waals surface area contributed by atoms with Crippen molar-refractivity contribution in [1.29, 1.82) is 0 Å². The fourth-order valence-corrected chi connectivity index (χ4v) is 2.93. The van der Waals surface area contributed by atoms with Crippen LogP contribution in [0.5, 0.6) is 0 Å². The molecule has 1 amide bonds. The first-order chi connectivity index (χ1) is 10.7. The molecule has 5 nitrogen and oxygen atoms in total. The highest BCUT2D eigenvalue weighted by Crippen LogP contribution is 2.21. The third-order valence-electron chi connectivity index (χ3n) is 3.33. The molecule has 2 heterocycles. The van der Waals surface area contributed by atoms with Crippen molar-refractivity contribution in [1.82, 2.24) is 15.3 Å². The topological polar surface area (TPSA) is 80.9 Å². The van der Waals surface area contributed by atoms with Crippen LogP contribution in [0, 0.1) is 0 Å². The Morgan fingerprint density at radius 1 is 1.45 bits per heavy atom. The van der Waals surface area contributed by atoms with Crippen molar-refractivity contribution in [3.63, 3.8) is 0 Å². The molecule has 0 aliphatic heterocycles. The van der Waals surface area contributed by atoms with Crippen LogP contribution < -0.4 is 11.1 Å². The molecule has 0 spiro atoms. The summed E-state index contributed by atoms with van der Waals surface area (Å²) in [5.41, 5.74) is 7.31. The Morgan fingerprint density at radius 3 is 3.00 bits per heavy atom. The Labute approximate surface area is 135 Å². The number of thiazole rings is 1. The summed E-state index contributed by atoms with van der Waals surface area (Å²) in [7, 11) is 0. The van der Waals surface area contributed by atoms with E-state index in [0.717, 1.165) is 35.7 Å². The molecule has 1 unspecified atom stereocenters. The monoisotopic (exact) mass is 318 g/mol. The summed E-state index contributed by atoms with van der Waals surface area (Å²) < 4.78 is 0. The number of unbranched alkanes of at least 4 members (excludes halogenated alkanes) is 1. The lowest BCUT2D eigenvalue weighted by Crippen LogP contribution is -2.40. The maximum atomic E-state index is 12.1. The van der Waals surface area contributed by atoms with Gasteiger partial charge in [-0.1, -0.05) is 25.8 Å². The molecule has 0 bridgehead atoms. The van der Waals surface area contributed by atoms with Crippen LogP contribution in [-0.4, -0.2) is 28.5 Å². The molecule has 22 heavy (non-hydrogen) atoms. The number of aromatic nitrogens is 2. The fraction of sp³-hybridized carbons (Fsp3) is 0.438. The first-order valence-electron chi connectivity index (χ1n) is 7.58. The van der Waals surface area contributed by atoms with Crippen LogP contribution in [0.15, 0.2) is 29.8 Å². The van der Waals surface area contributed by atoms with Crippen LogP contribution in [0.4, 0.5) is 0 Å². The third-order valence-corrected chi connectivity index (χ3v) is 4.25. The van der Waals surface area contributed by atoms with Crippen LogP contribution in [-0.2, 0) is 11.2 Å². The number of pyridine rings is 1. The SMILES string of the molecule is CCCCC(CN)NC(=O)Cc1csc(-c2ccccn2)n1. The molecule has 0 saturated carbocycles. The van der Waals surface area contributed by atoms with Crippen LogP contribution in [0.3, 0.4) is 0 Å². The summed E-state index contributed by atoms with van der Waals surface area (Å²) in [5.74, 6) is -0.0237. The lowest BCUT2D eigenvalue weighted by molar-refractivity contribution is -0.121. The molecule has 1 atom stereocenters. The zero-order valence-electron chi connectivity index (χ0n) is 12.8. The summed E-state index contributed by atoms with van der Waals surface area (Å²) in [4.78, 5) is 20.8. The molecule has 0 aromatic carbocycles. The van der Waals surface area contributed by atoms with Gasteiger partial charge >= 0.3 is 0 Å². The number of carbonyl (C=O) groups is 1. The number of nitrogens with one attached hydrogen (secondary N) is 1. The van der Waals surface area contributed by atoms with E-state index in [4.69, 9.17) is 5.73 Å². The van der Waals surface area contributed by atoms with Gasteiger partial charge in [-0.15, -0.1) is 11.3 Å². The maximum Gasteiger partial charge on any atom is 0.226 e. The molecule has 118 valence electrons. The highest BCUT2D eigenvalue weighted by molar-refractivity contribution is 7.13. The van der Waals surface area contributed by atoms with Gasteiger partial charge in [-0.2, -0.15) is 0 Å². The largest absolute Gasteiger partial charge is 0.352 e. The van der Waals surface area contributed by atoms with Crippen molar-refractivity contribution < 1.29 is 4.79 Å². The molecular formula is C16H22N4OS. The van der Waals surface area contributed by atoms with E-state index in [2.05, 4.69) is 22.2 Å². The van der Waals surface area contributed by atoms with E-state index < -0.39 is 0 Å². The minimum absolute atomic E-state index is 0.0237. The second kappa shape index (κ2) is 8.60. The molecule has 3 N–H and O–H groups in total. The van der Waals surface area contributed by atoms with Gasteiger partial charge in [-0.05, 0) is 18.6 Å². The zero-order chi connectivity index (χ0) is 15.8. The lowest BCUT2D eigenvalue weighted by atomic mass is 10.1. The quantitative estimate of drug-likeness (QED) is 0.783. The summed E-state index contributed by atoms with van der Waals surface area (Å²) in [5, 5.41) is 5.73. The summed E-state index contributed by atoms with van der Waals surface area (Å²) >= 11 is 1.50. The Kier molecular flexibility index (Phi) is 6.48. The van der Waals surface area contributed by atoms with Gasteiger partial charge in [0.1, 0.15) is 5.01 Å². The van der Waals surface area contributed by atoms with E-state index in [9.17, 15) is 4.79 Å². The standard InChI is InChI=1S/C16H22N4OS/c1-2-3-6-12(10-17)19-15(21)9-13-11-22-16(20-13)14-7-4-5-8-18-14/h4-5,7-8,11-12H,2-3,6,9-10,17H2,1H3,(H,19,21). The van der Waals surface area contributed by atoms with Crippen molar-refractivity contribution in [3.8, 4) is 10.7 Å². The summed E-state index contributed by atoms with van der Waals surface area (Å²) in [6.07, 6.45) is 5.12. The minimum Gasteiger partial charge on any atom is -0.352 e. The number of hydrogen-bond acceptors (Lipinski definition) is 5. The predicted molar refractivity (Wildman–Crippen MR) is 89.6 cm³/mol. The van der Waals surface area contributed by atoms with E-state index in [1.54, 1.807) is 6.20 Å². The molecule has 2 rings (SSSR count). The summed E-state index contributed by atoms with van der Waals surface area (Å²) in [6.45, 7) is 2.60. The van der Waals surface area contributed by atoms with Crippen molar-refractivity contribution >= 4 is 17.2 Å². The second-order valence-corrected chi connectivity index (χ2v) is 6.04. The molecule has 0 aliphatic carbocycles. The van der Waals surface area contributed by atoms with Gasteiger partial charge in [0.05, 0.1) is 17.8 Å². The van der Waals surface area contributed by atoms with Crippen molar-refractivity contribution in [3.05, 3.63) is 35.5 Å². The van der Waals surface area contributed by atoms with Crippen LogP contribution >= 0.6 is 11.3 Å². The Morgan fingerprint density at radius 2 is 2.32 bits per heavy atom. The smallest absolute Gasteiger partial charge is 0.226 e. The number of rotatable bonds is 8. The zero-order valence-corrected chi connectivity index (χ0v) is 13.6. The molecular weight excluding hydrogens is 296 g/mol. The van der Waals surface area contributed by atoms with Crippen LogP contribution in [0.2, 0.25) is 0 Å². The van der Waals surface area contributed by atoms with E-state index in [-0.39, 0.29) is 18.4 Å². The van der Waals surface area contributed by atoms with Gasteiger partial charge in [-0.3, -0.25) is 9.78 Å². The molecule has 2 aromatic heterocycles. The number of nitrogens with two attached hydrogens (primary N) is 1. The van der Waals surface area contributed by atoms with Crippen LogP contribution in [0.25, 0.3) is 10.7 Å². The third kappa shape index (κ3) is 4.89. The lowest BCUT2D eigenvalue weighted by Gasteiger charge is -2.15. The Hall–Kier alpha value is -1.79. The van der Waals surface area contributed by atoms with E-state index in [0.29, 0.717) is 6.54 Å². The first-order valence-corrected chi connectivity index (χ1v) is 8.46. The first kappa shape index (κ1) is 16.6. The highest BCUT2D eigenvalue weighted by Gasteiger charge is 2.13. The number of carbonyl (C=O) groups excluding carboxylic acids is 1. The van der Waals surface area contributed by atoms with Gasteiger partial charge in [-0.25, -0.2) is 4.98 Å². The molecule has 6 heteroatoms. The normalized spacial score (nSPS) is 12.1. The molecule has 0 radical (unpaired) electrons. The molecule has 2 aromatic rings. The maximum absolute atomic E-state index is 12.1. The van der Waals surface area contributed by atoms with Gasteiger partial charge in [0.15, 0.2) is 0 Å². The number of nitrogens with zero attached hydrogens (tertiary/aromatic N) is 2. The van der Waals surface area contributed by atoms with E-state index in [1.165, 1.54) is 11.3 Å². The highest BCUT2D eigenvalue weighted by atomic mass is 32.1. The van der Waals surface area contributed by atoms with Crippen LogP contribution in [0.1, 0.15) is 31.9 Å². The average molecular weight is 318 g/mol.